The number of amides is 1. The Morgan fingerprint density at radius 3 is 2.43 bits per heavy atom. The number of nitrogens with zero attached hydrogens (tertiary/aromatic N) is 1. The van der Waals surface area contributed by atoms with E-state index >= 15 is 0 Å². The number of hydrogen-bond donors (Lipinski definition) is 2. The van der Waals surface area contributed by atoms with Crippen molar-refractivity contribution in [3.63, 3.8) is 0 Å². The van der Waals surface area contributed by atoms with Gasteiger partial charge in [0, 0.05) is 17.9 Å². The molecule has 0 aliphatic carbocycles. The maximum atomic E-state index is 12.3. The van der Waals surface area contributed by atoms with Crippen molar-refractivity contribution in [2.75, 3.05) is 43.5 Å². The molecule has 2 aromatic carbocycles. The highest BCUT2D eigenvalue weighted by molar-refractivity contribution is 6.32. The number of benzene rings is 2. The van der Waals surface area contributed by atoms with Crippen molar-refractivity contribution in [3.05, 3.63) is 47.0 Å². The highest BCUT2D eigenvalue weighted by Crippen LogP contribution is 2.38. The molecule has 0 aromatic heterocycles. The molecule has 2 aromatic rings. The molecule has 6 nitrogen and oxygen atoms in total. The Kier molecular flexibility index (Phi) is 6.97. The van der Waals surface area contributed by atoms with E-state index in [1.807, 2.05) is 36.4 Å². The maximum Gasteiger partial charge on any atom is 0.238 e. The number of fused-ring (bicyclic) bond motifs is 1. The predicted octanol–water partition coefficient (Wildman–Crippen LogP) is 4.54. The zero-order chi connectivity index (χ0) is 20.8. The number of anilines is 2. The lowest BCUT2D eigenvalue weighted by Gasteiger charge is -2.20. The Hall–Kier alpha value is -2.44. The van der Waals surface area contributed by atoms with Crippen molar-refractivity contribution >= 4 is 28.9 Å². The number of rotatable bonds is 6. The van der Waals surface area contributed by atoms with Gasteiger partial charge in [-0.15, -0.1) is 0 Å². The third-order valence-electron chi connectivity index (χ3n) is 5.39. The van der Waals surface area contributed by atoms with Crippen LogP contribution in [0.1, 0.15) is 31.2 Å². The van der Waals surface area contributed by atoms with E-state index in [2.05, 4.69) is 15.5 Å². The summed E-state index contributed by atoms with van der Waals surface area (Å²) in [5.41, 5.74) is 2.79. The number of carbonyl (C=O) groups excluding carboxylic acids is 1. The van der Waals surface area contributed by atoms with Crippen LogP contribution < -0.4 is 20.1 Å². The Labute approximate surface area is 182 Å². The molecule has 0 unspecified atom stereocenters. The van der Waals surface area contributed by atoms with Gasteiger partial charge in [0.05, 0.1) is 11.6 Å². The number of carbonyl (C=O) groups is 1. The molecular weight excluding hydrogens is 402 g/mol. The third kappa shape index (κ3) is 5.58. The van der Waals surface area contributed by atoms with Gasteiger partial charge >= 0.3 is 0 Å². The maximum absolute atomic E-state index is 12.3. The van der Waals surface area contributed by atoms with Crippen LogP contribution in [-0.2, 0) is 11.3 Å². The Morgan fingerprint density at radius 2 is 1.67 bits per heavy atom. The standard InChI is InChI=1S/C23H28ClN3O3/c24-20-13-17(14-21-23(20)30-12-11-29-21)15-25-18-5-7-19(8-6-18)26-22(28)16-27-9-3-1-2-4-10-27/h5-8,13-14,25H,1-4,9-12,15-16H2,(H,26,28). The summed E-state index contributed by atoms with van der Waals surface area (Å²) >= 11 is 6.30. The highest BCUT2D eigenvalue weighted by Gasteiger charge is 2.16. The second-order valence-corrected chi connectivity index (χ2v) is 8.18. The summed E-state index contributed by atoms with van der Waals surface area (Å²) < 4.78 is 11.2. The number of halogens is 1. The molecular formula is C23H28ClN3O3. The van der Waals surface area contributed by atoms with E-state index in [9.17, 15) is 4.79 Å². The molecule has 0 bridgehead atoms. The largest absolute Gasteiger partial charge is 0.486 e. The van der Waals surface area contributed by atoms with Crippen molar-refractivity contribution in [1.82, 2.24) is 4.90 Å². The molecule has 1 saturated heterocycles. The van der Waals surface area contributed by atoms with Crippen LogP contribution in [-0.4, -0.2) is 43.7 Å². The first-order valence-electron chi connectivity index (χ1n) is 10.6. The monoisotopic (exact) mass is 429 g/mol. The predicted molar refractivity (Wildman–Crippen MR) is 120 cm³/mol. The van der Waals surface area contributed by atoms with E-state index in [0.29, 0.717) is 42.8 Å². The van der Waals surface area contributed by atoms with Gasteiger partial charge in [-0.05, 0) is 67.9 Å². The first-order valence-corrected chi connectivity index (χ1v) is 11.0. The van der Waals surface area contributed by atoms with E-state index in [1.165, 1.54) is 25.7 Å². The topological polar surface area (TPSA) is 62.8 Å². The van der Waals surface area contributed by atoms with Crippen LogP contribution in [0.25, 0.3) is 0 Å². The molecule has 160 valence electrons. The van der Waals surface area contributed by atoms with Gasteiger partial charge in [-0.1, -0.05) is 24.4 Å². The molecule has 0 saturated carbocycles. The lowest BCUT2D eigenvalue weighted by atomic mass is 10.2. The first-order chi connectivity index (χ1) is 14.7. The van der Waals surface area contributed by atoms with Gasteiger partial charge in [-0.25, -0.2) is 0 Å². The van der Waals surface area contributed by atoms with Crippen molar-refractivity contribution in [3.8, 4) is 11.5 Å². The van der Waals surface area contributed by atoms with Crippen molar-refractivity contribution in [2.24, 2.45) is 0 Å². The first kappa shape index (κ1) is 20.8. The lowest BCUT2D eigenvalue weighted by molar-refractivity contribution is -0.117. The summed E-state index contributed by atoms with van der Waals surface area (Å²) in [7, 11) is 0. The minimum Gasteiger partial charge on any atom is -0.486 e. The van der Waals surface area contributed by atoms with E-state index in [4.69, 9.17) is 21.1 Å². The van der Waals surface area contributed by atoms with Gasteiger partial charge in [0.2, 0.25) is 5.91 Å². The van der Waals surface area contributed by atoms with Crippen molar-refractivity contribution < 1.29 is 14.3 Å². The van der Waals surface area contributed by atoms with Crippen LogP contribution in [0.5, 0.6) is 11.5 Å². The molecule has 2 N–H and O–H groups in total. The van der Waals surface area contributed by atoms with Crippen LogP contribution in [0.2, 0.25) is 5.02 Å². The van der Waals surface area contributed by atoms with Crippen molar-refractivity contribution in [2.45, 2.75) is 32.2 Å². The number of nitrogens with one attached hydrogen (secondary N) is 2. The fraction of sp³-hybridized carbons (Fsp3) is 0.435. The smallest absolute Gasteiger partial charge is 0.238 e. The van der Waals surface area contributed by atoms with Gasteiger partial charge in [0.15, 0.2) is 11.5 Å². The molecule has 7 heteroatoms. The molecule has 1 fully saturated rings. The summed E-state index contributed by atoms with van der Waals surface area (Å²) in [6.07, 6.45) is 4.90. The molecule has 1 amide bonds. The fourth-order valence-electron chi connectivity index (χ4n) is 3.84. The summed E-state index contributed by atoms with van der Waals surface area (Å²) in [6.45, 7) is 4.15. The zero-order valence-corrected chi connectivity index (χ0v) is 17.8. The third-order valence-corrected chi connectivity index (χ3v) is 5.67. The molecule has 0 atom stereocenters. The van der Waals surface area contributed by atoms with Crippen molar-refractivity contribution in [1.29, 1.82) is 0 Å². The molecule has 2 heterocycles. The van der Waals surface area contributed by atoms with Gasteiger partial charge in [-0.3, -0.25) is 9.69 Å². The minimum absolute atomic E-state index is 0.0449. The number of ether oxygens (including phenoxy) is 2. The van der Waals surface area contributed by atoms with E-state index in [0.717, 1.165) is 30.0 Å². The summed E-state index contributed by atoms with van der Waals surface area (Å²) in [5.74, 6) is 1.35. The second-order valence-electron chi connectivity index (χ2n) is 7.77. The van der Waals surface area contributed by atoms with Crippen LogP contribution in [0.3, 0.4) is 0 Å². The summed E-state index contributed by atoms with van der Waals surface area (Å²) in [6, 6.07) is 11.6. The average Bonchev–Trinajstić information content (AvgIpc) is 3.02. The SMILES string of the molecule is O=C(CN1CCCCCC1)Nc1ccc(NCc2cc(Cl)c3c(c2)OCCO3)cc1. The highest BCUT2D eigenvalue weighted by atomic mass is 35.5. The van der Waals surface area contributed by atoms with Gasteiger partial charge < -0.3 is 20.1 Å². The molecule has 0 spiro atoms. The average molecular weight is 430 g/mol. The van der Waals surface area contributed by atoms with E-state index in [1.54, 1.807) is 0 Å². The number of likely N-dealkylation sites (tertiary alicyclic amines) is 1. The second kappa shape index (κ2) is 10.0. The van der Waals surface area contributed by atoms with Crippen LogP contribution in [0.4, 0.5) is 11.4 Å². The van der Waals surface area contributed by atoms with Gasteiger partial charge in [-0.2, -0.15) is 0 Å². The Bertz CT molecular complexity index is 865. The quantitative estimate of drug-likeness (QED) is 0.706. The Balaban J connectivity index is 1.28. The van der Waals surface area contributed by atoms with Crippen LogP contribution in [0.15, 0.2) is 36.4 Å². The van der Waals surface area contributed by atoms with E-state index < -0.39 is 0 Å². The minimum atomic E-state index is 0.0449. The lowest BCUT2D eigenvalue weighted by Crippen LogP contribution is -2.33. The van der Waals surface area contributed by atoms with Crippen LogP contribution >= 0.6 is 11.6 Å². The molecule has 2 aliphatic rings. The van der Waals surface area contributed by atoms with Gasteiger partial charge in [0.1, 0.15) is 13.2 Å². The molecule has 4 rings (SSSR count). The number of hydrogen-bond acceptors (Lipinski definition) is 5. The molecule has 2 aliphatic heterocycles. The normalized spacial score (nSPS) is 16.6. The molecule has 0 radical (unpaired) electrons. The fourth-order valence-corrected chi connectivity index (χ4v) is 4.13. The zero-order valence-electron chi connectivity index (χ0n) is 17.1. The summed E-state index contributed by atoms with van der Waals surface area (Å²) in [4.78, 5) is 14.6. The summed E-state index contributed by atoms with van der Waals surface area (Å²) in [5, 5.41) is 6.93. The van der Waals surface area contributed by atoms with E-state index in [-0.39, 0.29) is 5.91 Å². The molecule has 30 heavy (non-hydrogen) atoms. The Morgan fingerprint density at radius 1 is 0.967 bits per heavy atom. The van der Waals surface area contributed by atoms with Crippen LogP contribution in [0, 0.1) is 0 Å². The van der Waals surface area contributed by atoms with Gasteiger partial charge in [0.25, 0.3) is 0 Å².